The van der Waals surface area contributed by atoms with E-state index in [4.69, 9.17) is 51.1 Å². The third-order valence-corrected chi connectivity index (χ3v) is 4.60. The molecule has 0 amide bonds. The lowest BCUT2D eigenvalue weighted by molar-refractivity contribution is 0.407. The highest BCUT2D eigenvalue weighted by atomic mass is 79.9. The van der Waals surface area contributed by atoms with Crippen molar-refractivity contribution in [3.8, 4) is 5.75 Å². The Balaban J connectivity index is 2.58. The second-order valence-electron chi connectivity index (χ2n) is 4.04. The van der Waals surface area contributed by atoms with Gasteiger partial charge < -0.3 is 4.74 Å². The van der Waals surface area contributed by atoms with Gasteiger partial charge in [0.25, 0.3) is 0 Å². The molecule has 2 aromatic carbocycles. The van der Waals surface area contributed by atoms with Crippen LogP contribution in [0.4, 0.5) is 0 Å². The van der Waals surface area contributed by atoms with E-state index in [0.29, 0.717) is 26.4 Å². The molecule has 20 heavy (non-hydrogen) atoms. The molecule has 106 valence electrons. The third-order valence-electron chi connectivity index (χ3n) is 2.75. The molecule has 0 saturated carbocycles. The van der Waals surface area contributed by atoms with Crippen molar-refractivity contribution in [1.82, 2.24) is 0 Å². The van der Waals surface area contributed by atoms with Crippen molar-refractivity contribution in [2.24, 2.45) is 0 Å². The number of hydrogen-bond acceptors (Lipinski definition) is 1. The van der Waals surface area contributed by atoms with Crippen LogP contribution in [0, 0.1) is 0 Å². The van der Waals surface area contributed by atoms with Gasteiger partial charge in [-0.1, -0.05) is 34.8 Å². The molecule has 1 atom stereocenters. The average Bonchev–Trinajstić information content (AvgIpc) is 2.40. The Morgan fingerprint density at radius 2 is 1.65 bits per heavy atom. The highest BCUT2D eigenvalue weighted by Gasteiger charge is 2.21. The van der Waals surface area contributed by atoms with E-state index in [2.05, 4.69) is 15.9 Å². The number of benzene rings is 2. The zero-order valence-electron chi connectivity index (χ0n) is 10.3. The van der Waals surface area contributed by atoms with Gasteiger partial charge in [-0.2, -0.15) is 0 Å². The molecule has 2 rings (SSSR count). The highest BCUT2D eigenvalue weighted by molar-refractivity contribution is 9.10. The van der Waals surface area contributed by atoms with Crippen LogP contribution in [0.3, 0.4) is 0 Å². The van der Waals surface area contributed by atoms with E-state index in [1.54, 1.807) is 37.4 Å². The predicted molar refractivity (Wildman–Crippen MR) is 89.9 cm³/mol. The van der Waals surface area contributed by atoms with Gasteiger partial charge in [-0.15, -0.1) is 11.6 Å². The van der Waals surface area contributed by atoms with E-state index in [1.807, 2.05) is 0 Å². The Kier molecular flexibility index (Phi) is 5.49. The lowest BCUT2D eigenvalue weighted by Crippen LogP contribution is -1.99. The van der Waals surface area contributed by atoms with Crippen molar-refractivity contribution >= 4 is 62.3 Å². The van der Waals surface area contributed by atoms with E-state index in [-0.39, 0.29) is 0 Å². The van der Waals surface area contributed by atoms with E-state index < -0.39 is 5.38 Å². The summed E-state index contributed by atoms with van der Waals surface area (Å²) in [6.07, 6.45) is 0. The van der Waals surface area contributed by atoms with Crippen LogP contribution in [0.5, 0.6) is 5.75 Å². The fraction of sp³-hybridized carbons (Fsp3) is 0.143. The second kappa shape index (κ2) is 6.76. The molecule has 0 radical (unpaired) electrons. The molecule has 0 aromatic heterocycles. The van der Waals surface area contributed by atoms with Crippen LogP contribution in [0.15, 0.2) is 34.8 Å². The van der Waals surface area contributed by atoms with Crippen molar-refractivity contribution in [2.75, 3.05) is 7.11 Å². The maximum atomic E-state index is 6.53. The first-order valence-corrected chi connectivity index (χ1v) is 7.92. The molecular formula is C14H9BrCl4O. The summed E-state index contributed by atoms with van der Waals surface area (Å²) in [4.78, 5) is 0. The van der Waals surface area contributed by atoms with E-state index in [1.165, 1.54) is 0 Å². The number of ether oxygens (including phenoxy) is 1. The summed E-state index contributed by atoms with van der Waals surface area (Å²) < 4.78 is 6.11. The third kappa shape index (κ3) is 3.37. The maximum Gasteiger partial charge on any atom is 0.138 e. The molecule has 1 unspecified atom stereocenters. The molecule has 0 bridgehead atoms. The Morgan fingerprint density at radius 3 is 2.30 bits per heavy atom. The van der Waals surface area contributed by atoms with Gasteiger partial charge in [-0.3, -0.25) is 0 Å². The topological polar surface area (TPSA) is 9.23 Å². The second-order valence-corrected chi connectivity index (χ2v) is 6.61. The molecule has 0 aliphatic rings. The number of methoxy groups -OCH3 is 1. The Hall–Kier alpha value is -0.120. The standard InChI is InChI=1S/C14H9BrCl4O/c1-20-14-10(5-8(17)6-11(14)15)13(19)9-4-7(16)2-3-12(9)18/h2-6,13H,1H3. The summed E-state index contributed by atoms with van der Waals surface area (Å²) in [7, 11) is 1.57. The van der Waals surface area contributed by atoms with Crippen LogP contribution in [0.2, 0.25) is 15.1 Å². The molecule has 0 spiro atoms. The van der Waals surface area contributed by atoms with Crippen molar-refractivity contribution in [3.05, 3.63) is 61.0 Å². The zero-order valence-corrected chi connectivity index (χ0v) is 14.9. The highest BCUT2D eigenvalue weighted by Crippen LogP contribution is 2.43. The average molecular weight is 415 g/mol. The normalized spacial score (nSPS) is 12.3. The predicted octanol–water partition coefficient (Wildman–Crippen LogP) is 6.75. The van der Waals surface area contributed by atoms with Crippen molar-refractivity contribution in [3.63, 3.8) is 0 Å². The van der Waals surface area contributed by atoms with E-state index >= 15 is 0 Å². The summed E-state index contributed by atoms with van der Waals surface area (Å²) in [6.45, 7) is 0. The molecule has 0 N–H and O–H groups in total. The van der Waals surface area contributed by atoms with Gasteiger partial charge >= 0.3 is 0 Å². The van der Waals surface area contributed by atoms with Crippen molar-refractivity contribution in [2.45, 2.75) is 5.38 Å². The molecule has 0 fully saturated rings. The van der Waals surface area contributed by atoms with Gasteiger partial charge in [0.1, 0.15) is 5.75 Å². The fourth-order valence-electron chi connectivity index (χ4n) is 1.86. The molecule has 6 heteroatoms. The Morgan fingerprint density at radius 1 is 1.00 bits per heavy atom. The van der Waals surface area contributed by atoms with Crippen LogP contribution in [-0.4, -0.2) is 7.11 Å². The van der Waals surface area contributed by atoms with Crippen molar-refractivity contribution < 1.29 is 4.74 Å². The molecule has 0 heterocycles. The lowest BCUT2D eigenvalue weighted by atomic mass is 10.0. The van der Waals surface area contributed by atoms with Crippen LogP contribution in [0.25, 0.3) is 0 Å². The summed E-state index contributed by atoms with van der Waals surface area (Å²) in [5.74, 6) is 0.616. The number of alkyl halides is 1. The number of hydrogen-bond donors (Lipinski definition) is 0. The number of halogens is 5. The SMILES string of the molecule is COc1c(Br)cc(Cl)cc1C(Cl)c1cc(Cl)ccc1Cl. The van der Waals surface area contributed by atoms with Crippen LogP contribution in [0.1, 0.15) is 16.5 Å². The lowest BCUT2D eigenvalue weighted by Gasteiger charge is -2.17. The zero-order chi connectivity index (χ0) is 14.9. The van der Waals surface area contributed by atoms with Gasteiger partial charge in [-0.25, -0.2) is 0 Å². The van der Waals surface area contributed by atoms with Crippen LogP contribution in [-0.2, 0) is 0 Å². The minimum atomic E-state index is -0.522. The van der Waals surface area contributed by atoms with Crippen molar-refractivity contribution in [1.29, 1.82) is 0 Å². The van der Waals surface area contributed by atoms with Crippen LogP contribution < -0.4 is 4.74 Å². The van der Waals surface area contributed by atoms with Gasteiger partial charge in [-0.05, 0) is 51.8 Å². The summed E-state index contributed by atoms with van der Waals surface area (Å²) >= 11 is 28.2. The first-order chi connectivity index (χ1) is 9.43. The van der Waals surface area contributed by atoms with Gasteiger partial charge in [0, 0.05) is 20.6 Å². The minimum Gasteiger partial charge on any atom is -0.495 e. The fourth-order valence-corrected chi connectivity index (χ4v) is 3.66. The number of rotatable bonds is 3. The minimum absolute atomic E-state index is 0.522. The monoisotopic (exact) mass is 412 g/mol. The molecular weight excluding hydrogens is 406 g/mol. The van der Waals surface area contributed by atoms with Gasteiger partial charge in [0.05, 0.1) is 17.0 Å². The molecule has 0 aliphatic carbocycles. The molecule has 2 aromatic rings. The largest absolute Gasteiger partial charge is 0.495 e. The van der Waals surface area contributed by atoms with Gasteiger partial charge in [0.2, 0.25) is 0 Å². The molecule has 0 saturated heterocycles. The smallest absolute Gasteiger partial charge is 0.138 e. The Bertz CT molecular complexity index is 645. The summed E-state index contributed by atoms with van der Waals surface area (Å²) in [6, 6.07) is 8.64. The summed E-state index contributed by atoms with van der Waals surface area (Å²) in [5, 5.41) is 1.13. The maximum absolute atomic E-state index is 6.53. The van der Waals surface area contributed by atoms with E-state index in [9.17, 15) is 0 Å². The molecule has 1 nitrogen and oxygen atoms in total. The first kappa shape index (κ1) is 16.3. The quantitative estimate of drug-likeness (QED) is 0.505. The van der Waals surface area contributed by atoms with Gasteiger partial charge in [0.15, 0.2) is 0 Å². The Labute approximate surface area is 145 Å². The summed E-state index contributed by atoms with van der Waals surface area (Å²) in [5.41, 5.74) is 1.42. The van der Waals surface area contributed by atoms with E-state index in [0.717, 1.165) is 10.0 Å². The first-order valence-electron chi connectivity index (χ1n) is 5.56. The van der Waals surface area contributed by atoms with Crippen LogP contribution >= 0.6 is 62.3 Å². The molecule has 0 aliphatic heterocycles.